The first-order valence-corrected chi connectivity index (χ1v) is 5.08. The number of hydrogen-bond acceptors (Lipinski definition) is 4. The van der Waals surface area contributed by atoms with Crippen LogP contribution in [0.4, 0.5) is 5.69 Å². The van der Waals surface area contributed by atoms with E-state index in [1.807, 2.05) is 0 Å². The molecule has 0 aliphatic rings. The molecular formula is C12H12N2O3. The molecule has 2 aromatic rings. The minimum atomic E-state index is -0.273. The second kappa shape index (κ2) is 4.29. The molecule has 0 aliphatic carbocycles. The van der Waals surface area contributed by atoms with Crippen LogP contribution in [0.1, 0.15) is 16.1 Å². The van der Waals surface area contributed by atoms with Gasteiger partial charge < -0.3 is 14.5 Å². The van der Waals surface area contributed by atoms with Gasteiger partial charge in [-0.2, -0.15) is 0 Å². The Morgan fingerprint density at radius 2 is 2.00 bits per heavy atom. The minimum absolute atomic E-state index is 0.158. The molecule has 1 heterocycles. The van der Waals surface area contributed by atoms with E-state index >= 15 is 0 Å². The van der Waals surface area contributed by atoms with Crippen molar-refractivity contribution < 1.29 is 14.4 Å². The van der Waals surface area contributed by atoms with E-state index in [2.05, 4.69) is 5.16 Å². The second-order valence-electron chi connectivity index (χ2n) is 3.72. The Hall–Kier alpha value is -2.30. The molecule has 0 spiro atoms. The van der Waals surface area contributed by atoms with Crippen LogP contribution >= 0.6 is 0 Å². The third-order valence-corrected chi connectivity index (χ3v) is 2.48. The average molecular weight is 232 g/mol. The van der Waals surface area contributed by atoms with Crippen molar-refractivity contribution in [1.29, 1.82) is 0 Å². The van der Waals surface area contributed by atoms with E-state index in [1.165, 1.54) is 23.2 Å². The van der Waals surface area contributed by atoms with E-state index in [0.29, 0.717) is 11.3 Å². The molecule has 0 atom stereocenters. The van der Waals surface area contributed by atoms with Gasteiger partial charge in [0.15, 0.2) is 0 Å². The van der Waals surface area contributed by atoms with Gasteiger partial charge in [0.1, 0.15) is 5.75 Å². The van der Waals surface area contributed by atoms with Crippen molar-refractivity contribution in [2.45, 2.75) is 6.92 Å². The van der Waals surface area contributed by atoms with Crippen molar-refractivity contribution >= 4 is 11.6 Å². The van der Waals surface area contributed by atoms with Crippen LogP contribution in [0.3, 0.4) is 0 Å². The SMILES string of the molecule is Cc1cnoc1C(=O)N(C)c1ccc(O)cc1. The Kier molecular flexibility index (Phi) is 2.82. The number of aromatic hydroxyl groups is 1. The third kappa shape index (κ3) is 2.13. The van der Waals surface area contributed by atoms with Crippen molar-refractivity contribution in [3.8, 4) is 5.75 Å². The van der Waals surface area contributed by atoms with E-state index in [-0.39, 0.29) is 17.4 Å². The van der Waals surface area contributed by atoms with Crippen LogP contribution in [0.5, 0.6) is 5.75 Å². The Balaban J connectivity index is 2.26. The number of phenolic OH excluding ortho intramolecular Hbond substituents is 1. The minimum Gasteiger partial charge on any atom is -0.508 e. The van der Waals surface area contributed by atoms with Crippen molar-refractivity contribution in [2.75, 3.05) is 11.9 Å². The molecule has 0 radical (unpaired) electrons. The van der Waals surface area contributed by atoms with Gasteiger partial charge in [-0.05, 0) is 31.2 Å². The first-order chi connectivity index (χ1) is 8.09. The number of amides is 1. The van der Waals surface area contributed by atoms with Crippen LogP contribution in [-0.2, 0) is 0 Å². The summed E-state index contributed by atoms with van der Waals surface area (Å²) in [5.41, 5.74) is 1.37. The van der Waals surface area contributed by atoms with Crippen LogP contribution < -0.4 is 4.90 Å². The number of aromatic nitrogens is 1. The topological polar surface area (TPSA) is 66.6 Å². The maximum atomic E-state index is 12.0. The van der Waals surface area contributed by atoms with Crippen molar-refractivity contribution in [1.82, 2.24) is 5.16 Å². The number of nitrogens with zero attached hydrogens (tertiary/aromatic N) is 2. The summed E-state index contributed by atoms with van der Waals surface area (Å²) in [5.74, 6) is 0.108. The van der Waals surface area contributed by atoms with Crippen LogP contribution in [-0.4, -0.2) is 23.2 Å². The van der Waals surface area contributed by atoms with Crippen molar-refractivity contribution in [2.24, 2.45) is 0 Å². The molecule has 5 heteroatoms. The lowest BCUT2D eigenvalue weighted by molar-refractivity contribution is 0.0956. The summed E-state index contributed by atoms with van der Waals surface area (Å²) in [5, 5.41) is 12.7. The predicted octanol–water partition coefficient (Wildman–Crippen LogP) is 1.97. The zero-order valence-electron chi connectivity index (χ0n) is 9.54. The lowest BCUT2D eigenvalue weighted by atomic mass is 10.2. The van der Waals surface area contributed by atoms with Gasteiger partial charge in [0.05, 0.1) is 6.20 Å². The van der Waals surface area contributed by atoms with Crippen LogP contribution in [0.2, 0.25) is 0 Å². The van der Waals surface area contributed by atoms with E-state index in [4.69, 9.17) is 4.52 Å². The van der Waals surface area contributed by atoms with E-state index in [0.717, 1.165) is 0 Å². The Morgan fingerprint density at radius 1 is 1.35 bits per heavy atom. The molecule has 0 unspecified atom stereocenters. The molecular weight excluding hydrogens is 220 g/mol. The molecule has 0 saturated heterocycles. The van der Waals surface area contributed by atoms with E-state index in [9.17, 15) is 9.90 Å². The Bertz CT molecular complexity index is 531. The van der Waals surface area contributed by atoms with Crippen LogP contribution in [0.25, 0.3) is 0 Å². The molecule has 17 heavy (non-hydrogen) atoms. The molecule has 88 valence electrons. The molecule has 0 saturated carbocycles. The lowest BCUT2D eigenvalue weighted by Crippen LogP contribution is -2.26. The van der Waals surface area contributed by atoms with Gasteiger partial charge in [-0.1, -0.05) is 5.16 Å². The quantitative estimate of drug-likeness (QED) is 0.859. The summed E-state index contributed by atoms with van der Waals surface area (Å²) in [4.78, 5) is 13.5. The number of benzene rings is 1. The molecule has 5 nitrogen and oxygen atoms in total. The highest BCUT2D eigenvalue weighted by atomic mass is 16.5. The first kappa shape index (κ1) is 11.2. The standard InChI is InChI=1S/C12H12N2O3/c1-8-7-13-17-11(8)12(16)14(2)9-3-5-10(15)6-4-9/h3-7,15H,1-2H3. The average Bonchev–Trinajstić information content (AvgIpc) is 2.74. The molecule has 2 rings (SSSR count). The monoisotopic (exact) mass is 232 g/mol. The Morgan fingerprint density at radius 3 is 2.53 bits per heavy atom. The highest BCUT2D eigenvalue weighted by Gasteiger charge is 2.19. The second-order valence-corrected chi connectivity index (χ2v) is 3.72. The highest BCUT2D eigenvalue weighted by Crippen LogP contribution is 2.19. The lowest BCUT2D eigenvalue weighted by Gasteiger charge is -2.15. The number of rotatable bonds is 2. The van der Waals surface area contributed by atoms with Crippen LogP contribution in [0, 0.1) is 6.92 Å². The summed E-state index contributed by atoms with van der Waals surface area (Å²) in [6, 6.07) is 6.34. The van der Waals surface area contributed by atoms with Crippen LogP contribution in [0.15, 0.2) is 35.0 Å². The largest absolute Gasteiger partial charge is 0.508 e. The van der Waals surface area contributed by atoms with Crippen molar-refractivity contribution in [3.05, 3.63) is 41.8 Å². The van der Waals surface area contributed by atoms with Gasteiger partial charge in [0, 0.05) is 18.3 Å². The number of carbonyl (C=O) groups excluding carboxylic acids is 1. The summed E-state index contributed by atoms with van der Waals surface area (Å²) < 4.78 is 4.90. The zero-order chi connectivity index (χ0) is 12.4. The summed E-state index contributed by atoms with van der Waals surface area (Å²) >= 11 is 0. The van der Waals surface area contributed by atoms with Gasteiger partial charge in [-0.25, -0.2) is 0 Å². The summed E-state index contributed by atoms with van der Waals surface area (Å²) in [6.45, 7) is 1.76. The van der Waals surface area contributed by atoms with Gasteiger partial charge in [-0.3, -0.25) is 4.79 Å². The molecule has 0 fully saturated rings. The maximum absolute atomic E-state index is 12.0. The summed E-state index contributed by atoms with van der Waals surface area (Å²) in [7, 11) is 1.64. The van der Waals surface area contributed by atoms with Gasteiger partial charge in [0.25, 0.3) is 5.91 Å². The van der Waals surface area contributed by atoms with E-state index < -0.39 is 0 Å². The molecule has 1 aromatic carbocycles. The fourth-order valence-corrected chi connectivity index (χ4v) is 1.44. The number of phenols is 1. The van der Waals surface area contributed by atoms with Crippen molar-refractivity contribution in [3.63, 3.8) is 0 Å². The predicted molar refractivity (Wildman–Crippen MR) is 62.1 cm³/mol. The molecule has 1 N–H and O–H groups in total. The fraction of sp³-hybridized carbons (Fsp3) is 0.167. The van der Waals surface area contributed by atoms with Gasteiger partial charge >= 0.3 is 0 Å². The fourth-order valence-electron chi connectivity index (χ4n) is 1.44. The smallest absolute Gasteiger partial charge is 0.296 e. The molecule has 0 aliphatic heterocycles. The van der Waals surface area contributed by atoms with Gasteiger partial charge in [0.2, 0.25) is 5.76 Å². The molecule has 1 aromatic heterocycles. The summed E-state index contributed by atoms with van der Waals surface area (Å²) in [6.07, 6.45) is 1.50. The molecule has 0 bridgehead atoms. The Labute approximate surface area is 98.3 Å². The maximum Gasteiger partial charge on any atom is 0.296 e. The van der Waals surface area contributed by atoms with Gasteiger partial charge in [-0.15, -0.1) is 0 Å². The first-order valence-electron chi connectivity index (χ1n) is 5.08. The highest BCUT2D eigenvalue weighted by molar-refractivity contribution is 6.04. The molecule has 1 amide bonds. The number of carbonyl (C=O) groups is 1. The number of anilines is 1. The number of hydrogen-bond donors (Lipinski definition) is 1. The number of aryl methyl sites for hydroxylation is 1. The normalized spacial score (nSPS) is 10.2. The third-order valence-electron chi connectivity index (χ3n) is 2.48. The van der Waals surface area contributed by atoms with E-state index in [1.54, 1.807) is 26.1 Å². The zero-order valence-corrected chi connectivity index (χ0v) is 9.54.